The molecule has 0 bridgehead atoms. The number of ether oxygens (including phenoxy) is 2. The monoisotopic (exact) mass is 262 g/mol. The fraction of sp³-hybridized carbons (Fsp3) is 0.500. The van der Waals surface area contributed by atoms with Gasteiger partial charge in [0.2, 0.25) is 0 Å². The van der Waals surface area contributed by atoms with Gasteiger partial charge < -0.3 is 14.6 Å². The van der Waals surface area contributed by atoms with E-state index in [1.807, 2.05) is 0 Å². The lowest BCUT2D eigenvalue weighted by atomic mass is 10.1. The molecule has 1 atom stereocenters. The summed E-state index contributed by atoms with van der Waals surface area (Å²) in [5.41, 5.74) is 0.690. The van der Waals surface area contributed by atoms with Gasteiger partial charge in [-0.15, -0.1) is 0 Å². The van der Waals surface area contributed by atoms with Gasteiger partial charge in [0.15, 0.2) is 0 Å². The maximum absolute atomic E-state index is 13.1. The van der Waals surface area contributed by atoms with E-state index in [-0.39, 0.29) is 11.6 Å². The van der Waals surface area contributed by atoms with E-state index in [0.717, 1.165) is 0 Å². The van der Waals surface area contributed by atoms with Gasteiger partial charge in [-0.25, -0.2) is 4.39 Å². The average Bonchev–Trinajstić information content (AvgIpc) is 2.30. The fourth-order valence-electron chi connectivity index (χ4n) is 1.36. The number of benzene rings is 1. The second-order valence-corrected chi connectivity index (χ2v) is 4.08. The average molecular weight is 263 g/mol. The maximum atomic E-state index is 13.1. The van der Waals surface area contributed by atoms with Crippen LogP contribution in [0.25, 0.3) is 0 Å². The molecule has 96 valence electrons. The molecular formula is C12H16ClFO3. The van der Waals surface area contributed by atoms with Crippen molar-refractivity contribution in [3.05, 3.63) is 34.6 Å². The van der Waals surface area contributed by atoms with Crippen molar-refractivity contribution in [3.8, 4) is 0 Å². The maximum Gasteiger partial charge on any atom is 0.142 e. The number of aliphatic hydroxyl groups is 1. The van der Waals surface area contributed by atoms with E-state index in [4.69, 9.17) is 21.1 Å². The molecule has 3 nitrogen and oxygen atoms in total. The van der Waals surface area contributed by atoms with Crippen LogP contribution in [0.4, 0.5) is 4.39 Å². The number of rotatable bonds is 7. The van der Waals surface area contributed by atoms with Crippen molar-refractivity contribution in [2.45, 2.75) is 12.5 Å². The predicted octanol–water partition coefficient (Wildman–Crippen LogP) is 2.05. The molecule has 1 unspecified atom stereocenters. The molecule has 1 aromatic rings. The summed E-state index contributed by atoms with van der Waals surface area (Å²) >= 11 is 5.56. The molecule has 0 spiro atoms. The molecule has 0 radical (unpaired) electrons. The van der Waals surface area contributed by atoms with E-state index >= 15 is 0 Å². The molecule has 0 saturated carbocycles. The van der Waals surface area contributed by atoms with Crippen LogP contribution < -0.4 is 0 Å². The van der Waals surface area contributed by atoms with Crippen molar-refractivity contribution in [2.24, 2.45) is 0 Å². The number of hydrogen-bond donors (Lipinski definition) is 1. The number of aliphatic hydroxyl groups excluding tert-OH is 1. The molecular weight excluding hydrogens is 247 g/mol. The van der Waals surface area contributed by atoms with Gasteiger partial charge in [-0.1, -0.05) is 17.7 Å². The normalized spacial score (nSPS) is 12.7. The van der Waals surface area contributed by atoms with Gasteiger partial charge in [-0.2, -0.15) is 0 Å². The first-order chi connectivity index (χ1) is 8.13. The third kappa shape index (κ3) is 5.46. The van der Waals surface area contributed by atoms with Crippen LogP contribution in [-0.4, -0.2) is 38.1 Å². The Morgan fingerprint density at radius 2 is 2.18 bits per heavy atom. The SMILES string of the molecule is COCCOCC(O)Cc1ccc(Cl)c(F)c1. The summed E-state index contributed by atoms with van der Waals surface area (Å²) in [6.07, 6.45) is -0.325. The van der Waals surface area contributed by atoms with Crippen LogP contribution in [0, 0.1) is 5.82 Å². The van der Waals surface area contributed by atoms with Crippen molar-refractivity contribution >= 4 is 11.6 Å². The molecule has 1 rings (SSSR count). The van der Waals surface area contributed by atoms with E-state index < -0.39 is 11.9 Å². The first kappa shape index (κ1) is 14.4. The van der Waals surface area contributed by atoms with Gasteiger partial charge in [0, 0.05) is 13.5 Å². The quantitative estimate of drug-likeness (QED) is 0.765. The molecule has 0 aliphatic heterocycles. The van der Waals surface area contributed by atoms with Gasteiger partial charge in [0.1, 0.15) is 5.82 Å². The standard InChI is InChI=1S/C12H16ClFO3/c1-16-4-5-17-8-10(15)6-9-2-3-11(13)12(14)7-9/h2-3,7,10,15H,4-6,8H2,1H3. The van der Waals surface area contributed by atoms with Crippen LogP contribution in [0.3, 0.4) is 0 Å². The molecule has 5 heteroatoms. The van der Waals surface area contributed by atoms with Gasteiger partial charge in [-0.3, -0.25) is 0 Å². The third-order valence-electron chi connectivity index (χ3n) is 2.20. The number of hydrogen-bond acceptors (Lipinski definition) is 3. The van der Waals surface area contributed by atoms with Crippen LogP contribution in [0.2, 0.25) is 5.02 Å². The second kappa shape index (κ2) is 7.61. The van der Waals surface area contributed by atoms with Gasteiger partial charge in [0.25, 0.3) is 0 Å². The molecule has 17 heavy (non-hydrogen) atoms. The zero-order valence-electron chi connectivity index (χ0n) is 9.66. The van der Waals surface area contributed by atoms with E-state index in [1.54, 1.807) is 13.2 Å². The third-order valence-corrected chi connectivity index (χ3v) is 2.50. The zero-order valence-corrected chi connectivity index (χ0v) is 10.4. The summed E-state index contributed by atoms with van der Waals surface area (Å²) in [5.74, 6) is -0.475. The molecule has 0 amide bonds. The van der Waals surface area contributed by atoms with Crippen molar-refractivity contribution in [1.82, 2.24) is 0 Å². The Bertz CT molecular complexity index is 347. The molecule has 0 heterocycles. The van der Waals surface area contributed by atoms with Crippen LogP contribution in [-0.2, 0) is 15.9 Å². The highest BCUT2D eigenvalue weighted by Crippen LogP contribution is 2.16. The Hall–Kier alpha value is -0.680. The van der Waals surface area contributed by atoms with E-state index in [1.165, 1.54) is 12.1 Å². The first-order valence-electron chi connectivity index (χ1n) is 5.32. The topological polar surface area (TPSA) is 38.7 Å². The molecule has 0 fully saturated rings. The fourth-order valence-corrected chi connectivity index (χ4v) is 1.48. The van der Waals surface area contributed by atoms with Crippen molar-refractivity contribution < 1.29 is 19.0 Å². The first-order valence-corrected chi connectivity index (χ1v) is 5.70. The van der Waals surface area contributed by atoms with E-state index in [2.05, 4.69) is 0 Å². The minimum Gasteiger partial charge on any atom is -0.390 e. The highest BCUT2D eigenvalue weighted by molar-refractivity contribution is 6.30. The minimum absolute atomic E-state index is 0.0829. The van der Waals surface area contributed by atoms with Gasteiger partial charge in [0.05, 0.1) is 30.9 Å². The summed E-state index contributed by atoms with van der Waals surface area (Å²) in [6, 6.07) is 4.48. The van der Waals surface area contributed by atoms with E-state index in [9.17, 15) is 9.50 Å². The predicted molar refractivity (Wildman–Crippen MR) is 63.8 cm³/mol. The Morgan fingerprint density at radius 3 is 2.82 bits per heavy atom. The van der Waals surface area contributed by atoms with Crippen LogP contribution in [0.1, 0.15) is 5.56 Å². The molecule has 0 aliphatic carbocycles. The van der Waals surface area contributed by atoms with Gasteiger partial charge >= 0.3 is 0 Å². The summed E-state index contributed by atoms with van der Waals surface area (Å²) in [5, 5.41) is 9.72. The largest absolute Gasteiger partial charge is 0.390 e. The van der Waals surface area contributed by atoms with Crippen molar-refractivity contribution in [3.63, 3.8) is 0 Å². The summed E-state index contributed by atoms with van der Waals surface area (Å²) in [6.45, 7) is 1.12. The van der Waals surface area contributed by atoms with Crippen molar-refractivity contribution in [1.29, 1.82) is 0 Å². The van der Waals surface area contributed by atoms with Crippen LogP contribution >= 0.6 is 11.6 Å². The Labute approximate surface area is 105 Å². The lowest BCUT2D eigenvalue weighted by Crippen LogP contribution is -2.19. The van der Waals surface area contributed by atoms with E-state index in [0.29, 0.717) is 25.2 Å². The summed E-state index contributed by atoms with van der Waals surface area (Å²) in [4.78, 5) is 0. The minimum atomic E-state index is -0.660. The Balaban J connectivity index is 2.34. The smallest absolute Gasteiger partial charge is 0.142 e. The highest BCUT2D eigenvalue weighted by atomic mass is 35.5. The Kier molecular flexibility index (Phi) is 6.44. The molecule has 0 aliphatic rings. The lowest BCUT2D eigenvalue weighted by Gasteiger charge is -2.11. The molecule has 1 N–H and O–H groups in total. The molecule has 0 aromatic heterocycles. The summed E-state index contributed by atoms with van der Waals surface area (Å²) in [7, 11) is 1.58. The summed E-state index contributed by atoms with van der Waals surface area (Å²) < 4.78 is 23.1. The lowest BCUT2D eigenvalue weighted by molar-refractivity contribution is 0.0137. The van der Waals surface area contributed by atoms with Crippen LogP contribution in [0.5, 0.6) is 0 Å². The van der Waals surface area contributed by atoms with Crippen LogP contribution in [0.15, 0.2) is 18.2 Å². The Morgan fingerprint density at radius 1 is 1.41 bits per heavy atom. The zero-order chi connectivity index (χ0) is 12.7. The van der Waals surface area contributed by atoms with Gasteiger partial charge in [-0.05, 0) is 17.7 Å². The molecule has 1 aromatic carbocycles. The highest BCUT2D eigenvalue weighted by Gasteiger charge is 2.08. The number of methoxy groups -OCH3 is 1. The van der Waals surface area contributed by atoms with Crippen molar-refractivity contribution in [2.75, 3.05) is 26.9 Å². The number of halogens is 2. The second-order valence-electron chi connectivity index (χ2n) is 3.67. The molecule has 0 saturated heterocycles.